The molecule has 1 rings (SSSR count). The minimum atomic E-state index is -4.01. The highest BCUT2D eigenvalue weighted by molar-refractivity contribution is 7.89. The van der Waals surface area contributed by atoms with E-state index in [1.54, 1.807) is 6.92 Å². The van der Waals surface area contributed by atoms with Crippen LogP contribution >= 0.6 is 23.2 Å². The largest absolute Gasteiger partial charge is 0.383 e. The molecule has 0 heterocycles. The average Bonchev–Trinajstić information content (AvgIpc) is 2.40. The van der Waals surface area contributed by atoms with Crippen molar-refractivity contribution in [3.63, 3.8) is 0 Å². The lowest BCUT2D eigenvalue weighted by atomic mass is 10.2. The zero-order valence-corrected chi connectivity index (χ0v) is 13.7. The molecule has 0 saturated carbocycles. The van der Waals surface area contributed by atoms with Crippen LogP contribution in [0.1, 0.15) is 12.5 Å². The van der Waals surface area contributed by atoms with Crippen molar-refractivity contribution in [1.29, 1.82) is 0 Å². The van der Waals surface area contributed by atoms with Crippen LogP contribution in [0.25, 0.3) is 0 Å². The van der Waals surface area contributed by atoms with Gasteiger partial charge in [0.25, 0.3) is 0 Å². The van der Waals surface area contributed by atoms with Gasteiger partial charge in [-0.05, 0) is 19.1 Å². The molecular weight excluding hydrogens is 328 g/mol. The molecule has 0 saturated heterocycles. The number of halogens is 3. The summed E-state index contributed by atoms with van der Waals surface area (Å²) in [5.74, 6) is -1.03. The molecule has 1 aromatic carbocycles. The van der Waals surface area contributed by atoms with Crippen LogP contribution < -0.4 is 0 Å². The number of alkyl halides is 1. The Morgan fingerprint density at radius 3 is 2.55 bits per heavy atom. The molecule has 0 fully saturated rings. The molecule has 1 unspecified atom stereocenters. The summed E-state index contributed by atoms with van der Waals surface area (Å²) < 4.78 is 45.0. The van der Waals surface area contributed by atoms with Gasteiger partial charge in [-0.15, -0.1) is 11.6 Å². The number of nitrogens with zero attached hydrogens (tertiary/aromatic N) is 1. The van der Waals surface area contributed by atoms with Crippen LogP contribution in [0.4, 0.5) is 4.39 Å². The first kappa shape index (κ1) is 17.7. The minimum Gasteiger partial charge on any atom is -0.383 e. The molecule has 0 amide bonds. The lowest BCUT2D eigenvalue weighted by Gasteiger charge is -2.24. The average molecular weight is 344 g/mol. The summed E-state index contributed by atoms with van der Waals surface area (Å²) in [6.45, 7) is 1.85. The number of hydrogen-bond donors (Lipinski definition) is 0. The number of benzene rings is 1. The Hall–Kier alpha value is -0.400. The first-order valence-corrected chi connectivity index (χ1v) is 8.11. The molecule has 0 aliphatic heterocycles. The molecule has 4 nitrogen and oxygen atoms in total. The molecule has 0 aliphatic rings. The van der Waals surface area contributed by atoms with Crippen molar-refractivity contribution in [3.05, 3.63) is 28.5 Å². The minimum absolute atomic E-state index is 0.0468. The summed E-state index contributed by atoms with van der Waals surface area (Å²) in [5, 5.41) is 0.119. The highest BCUT2D eigenvalue weighted by Gasteiger charge is 2.29. The summed E-state index contributed by atoms with van der Waals surface area (Å²) in [7, 11) is -1.19. The van der Waals surface area contributed by atoms with Crippen molar-refractivity contribution in [2.45, 2.75) is 23.7 Å². The molecule has 1 atom stereocenters. The van der Waals surface area contributed by atoms with E-state index >= 15 is 0 Å². The van der Waals surface area contributed by atoms with Crippen molar-refractivity contribution in [3.8, 4) is 0 Å². The number of methoxy groups -OCH3 is 1. The molecule has 0 spiro atoms. The summed E-state index contributed by atoms with van der Waals surface area (Å²) in [4.78, 5) is -0.480. The quantitative estimate of drug-likeness (QED) is 0.746. The van der Waals surface area contributed by atoms with Crippen LogP contribution in [0.2, 0.25) is 5.02 Å². The van der Waals surface area contributed by atoms with E-state index in [1.165, 1.54) is 20.2 Å². The van der Waals surface area contributed by atoms with E-state index < -0.39 is 26.8 Å². The first-order valence-electron chi connectivity index (χ1n) is 5.76. The third-order valence-electron chi connectivity index (χ3n) is 2.91. The summed E-state index contributed by atoms with van der Waals surface area (Å²) in [6, 6.07) is 1.95. The van der Waals surface area contributed by atoms with Crippen molar-refractivity contribution in [1.82, 2.24) is 4.31 Å². The molecule has 0 N–H and O–H groups in total. The van der Waals surface area contributed by atoms with Gasteiger partial charge in [0.05, 0.1) is 12.5 Å². The maximum atomic E-state index is 14.2. The van der Waals surface area contributed by atoms with Crippen molar-refractivity contribution >= 4 is 33.2 Å². The van der Waals surface area contributed by atoms with Crippen LogP contribution in [0, 0.1) is 5.82 Å². The molecular formula is C12H16Cl2FNO3S. The second-order valence-corrected chi connectivity index (χ2v) is 7.01. The molecule has 20 heavy (non-hydrogen) atoms. The SMILES string of the molecule is COCC(C)N(C)S(=O)(=O)c1cc(Cl)cc(CCl)c1F. The fourth-order valence-corrected chi connectivity index (χ4v) is 3.62. The fraction of sp³-hybridized carbons (Fsp3) is 0.500. The molecule has 8 heteroatoms. The molecule has 0 aromatic heterocycles. The van der Waals surface area contributed by atoms with Gasteiger partial charge in [0.15, 0.2) is 0 Å². The Kier molecular flexibility index (Phi) is 6.22. The van der Waals surface area contributed by atoms with Gasteiger partial charge in [-0.2, -0.15) is 4.31 Å². The third kappa shape index (κ3) is 3.62. The number of ether oxygens (including phenoxy) is 1. The number of likely N-dealkylation sites (N-methyl/N-ethyl adjacent to an activating group) is 1. The second kappa shape index (κ2) is 7.04. The van der Waals surface area contributed by atoms with E-state index in [9.17, 15) is 12.8 Å². The van der Waals surface area contributed by atoms with Gasteiger partial charge in [0, 0.05) is 30.8 Å². The predicted octanol–water partition coefficient (Wildman–Crippen LogP) is 2.87. The first-order chi connectivity index (χ1) is 9.25. The van der Waals surface area contributed by atoms with Gasteiger partial charge < -0.3 is 4.74 Å². The van der Waals surface area contributed by atoms with Crippen molar-refractivity contribution in [2.75, 3.05) is 20.8 Å². The Bertz CT molecular complexity index is 580. The van der Waals surface area contributed by atoms with Crippen LogP contribution in [0.5, 0.6) is 0 Å². The zero-order chi connectivity index (χ0) is 15.5. The third-order valence-corrected chi connectivity index (χ3v) is 5.39. The van der Waals surface area contributed by atoms with Gasteiger partial charge in [-0.1, -0.05) is 11.6 Å². The van der Waals surface area contributed by atoms with Crippen molar-refractivity contribution < 1.29 is 17.5 Å². The van der Waals surface area contributed by atoms with Gasteiger partial charge in [-0.3, -0.25) is 0 Å². The lowest BCUT2D eigenvalue weighted by molar-refractivity contribution is 0.149. The topological polar surface area (TPSA) is 46.6 Å². The van der Waals surface area contributed by atoms with Crippen LogP contribution in [-0.2, 0) is 20.6 Å². The van der Waals surface area contributed by atoms with Crippen LogP contribution in [0.15, 0.2) is 17.0 Å². The Labute approximate surface area is 128 Å². The molecule has 1 aromatic rings. The van der Waals surface area contributed by atoms with Gasteiger partial charge in [0.2, 0.25) is 10.0 Å². The van der Waals surface area contributed by atoms with Crippen LogP contribution in [-0.4, -0.2) is 39.5 Å². The zero-order valence-electron chi connectivity index (χ0n) is 11.4. The van der Waals surface area contributed by atoms with Crippen LogP contribution in [0.3, 0.4) is 0 Å². The number of hydrogen-bond acceptors (Lipinski definition) is 3. The maximum Gasteiger partial charge on any atom is 0.246 e. The Morgan fingerprint density at radius 2 is 2.05 bits per heavy atom. The van der Waals surface area contributed by atoms with E-state index in [2.05, 4.69) is 0 Å². The van der Waals surface area contributed by atoms with Gasteiger partial charge in [0.1, 0.15) is 10.7 Å². The predicted molar refractivity (Wildman–Crippen MR) is 77.3 cm³/mol. The Balaban J connectivity index is 3.32. The fourth-order valence-electron chi connectivity index (χ4n) is 1.64. The van der Waals surface area contributed by atoms with E-state index in [0.29, 0.717) is 0 Å². The van der Waals surface area contributed by atoms with Gasteiger partial charge in [-0.25, -0.2) is 12.8 Å². The van der Waals surface area contributed by atoms with E-state index in [-0.39, 0.29) is 23.1 Å². The normalized spacial score (nSPS) is 13.8. The smallest absolute Gasteiger partial charge is 0.246 e. The van der Waals surface area contributed by atoms with E-state index in [0.717, 1.165) is 10.4 Å². The monoisotopic (exact) mass is 343 g/mol. The van der Waals surface area contributed by atoms with Crippen molar-refractivity contribution in [2.24, 2.45) is 0 Å². The molecule has 0 bridgehead atoms. The maximum absolute atomic E-state index is 14.2. The lowest BCUT2D eigenvalue weighted by Crippen LogP contribution is -2.38. The summed E-state index contributed by atoms with van der Waals surface area (Å²) in [6.07, 6.45) is 0. The number of rotatable bonds is 6. The molecule has 0 aliphatic carbocycles. The standard InChI is InChI=1S/C12H16Cl2FNO3S/c1-8(7-19-3)16(2)20(17,18)11-5-10(14)4-9(6-13)12(11)15/h4-5,8H,6-7H2,1-3H3. The highest BCUT2D eigenvalue weighted by atomic mass is 35.5. The molecule has 114 valence electrons. The second-order valence-electron chi connectivity index (χ2n) is 4.34. The Morgan fingerprint density at radius 1 is 1.45 bits per heavy atom. The summed E-state index contributed by atoms with van der Waals surface area (Å²) >= 11 is 11.4. The molecule has 0 radical (unpaired) electrons. The highest BCUT2D eigenvalue weighted by Crippen LogP contribution is 2.27. The van der Waals surface area contributed by atoms with E-state index in [4.69, 9.17) is 27.9 Å². The summed E-state index contributed by atoms with van der Waals surface area (Å²) in [5.41, 5.74) is 0.0468. The number of sulfonamides is 1. The van der Waals surface area contributed by atoms with Gasteiger partial charge >= 0.3 is 0 Å². The van der Waals surface area contributed by atoms with E-state index in [1.807, 2.05) is 0 Å².